The first-order chi connectivity index (χ1) is 10.6. The zero-order valence-corrected chi connectivity index (χ0v) is 11.6. The Morgan fingerprint density at radius 3 is 2.59 bits per heavy atom. The van der Waals surface area contributed by atoms with Gasteiger partial charge in [-0.25, -0.2) is 0 Å². The van der Waals surface area contributed by atoms with Gasteiger partial charge in [0.15, 0.2) is 0 Å². The third kappa shape index (κ3) is 2.54. The Balaban J connectivity index is 2.84. The summed E-state index contributed by atoms with van der Waals surface area (Å²) in [5.74, 6) is 0.348. The van der Waals surface area contributed by atoms with Crippen LogP contribution in [0.4, 0.5) is 5.82 Å². The molecule has 0 radical (unpaired) electrons. The van der Waals surface area contributed by atoms with Crippen LogP contribution in [0, 0.1) is 22.7 Å². The molecular formula is C16H12N4O2. The van der Waals surface area contributed by atoms with Crippen molar-refractivity contribution >= 4 is 5.82 Å². The number of pyridine rings is 1. The van der Waals surface area contributed by atoms with Crippen molar-refractivity contribution in [1.82, 2.24) is 4.98 Å². The van der Waals surface area contributed by atoms with Gasteiger partial charge < -0.3 is 15.5 Å². The Bertz CT molecular complexity index is 869. The van der Waals surface area contributed by atoms with Crippen LogP contribution in [0.5, 0.6) is 5.75 Å². The highest BCUT2D eigenvalue weighted by Crippen LogP contribution is 2.34. The fraction of sp³-hybridized carbons (Fsp3) is 0.0625. The first-order valence-corrected chi connectivity index (χ1v) is 6.33. The first kappa shape index (κ1) is 14.9. The van der Waals surface area contributed by atoms with Crippen molar-refractivity contribution in [2.45, 2.75) is 0 Å². The third-order valence-electron chi connectivity index (χ3n) is 2.98. The molecule has 0 atom stereocenters. The van der Waals surface area contributed by atoms with Gasteiger partial charge in [-0.2, -0.15) is 10.5 Å². The highest BCUT2D eigenvalue weighted by molar-refractivity contribution is 5.83. The van der Waals surface area contributed by atoms with Crippen LogP contribution in [-0.4, -0.2) is 11.6 Å². The minimum absolute atomic E-state index is 0.0332. The topological polar surface area (TPSA) is 116 Å². The number of hydrogen-bond donors (Lipinski definition) is 2. The molecule has 3 N–H and O–H groups in total. The lowest BCUT2D eigenvalue weighted by Crippen LogP contribution is -2.16. The minimum atomic E-state index is -0.646. The Kier molecular flexibility index (Phi) is 4.26. The van der Waals surface area contributed by atoms with E-state index in [-0.39, 0.29) is 29.1 Å². The number of hydrogen-bond acceptors (Lipinski definition) is 5. The van der Waals surface area contributed by atoms with Crippen LogP contribution in [0.1, 0.15) is 11.1 Å². The zero-order valence-electron chi connectivity index (χ0n) is 11.6. The van der Waals surface area contributed by atoms with Gasteiger partial charge in [-0.15, -0.1) is 0 Å². The number of ether oxygens (including phenoxy) is 1. The lowest BCUT2D eigenvalue weighted by molar-refractivity contribution is 0.364. The van der Waals surface area contributed by atoms with Gasteiger partial charge in [0, 0.05) is 11.1 Å². The highest BCUT2D eigenvalue weighted by atomic mass is 16.5. The van der Waals surface area contributed by atoms with Crippen LogP contribution < -0.4 is 16.0 Å². The molecule has 0 aliphatic carbocycles. The van der Waals surface area contributed by atoms with E-state index in [0.717, 1.165) is 0 Å². The predicted octanol–water partition coefficient (Wildman–Crippen LogP) is 1.93. The summed E-state index contributed by atoms with van der Waals surface area (Å²) >= 11 is 0. The molecule has 0 amide bonds. The van der Waals surface area contributed by atoms with E-state index in [1.54, 1.807) is 30.3 Å². The highest BCUT2D eigenvalue weighted by Gasteiger charge is 2.20. The average molecular weight is 292 g/mol. The molecule has 0 unspecified atom stereocenters. The van der Waals surface area contributed by atoms with Gasteiger partial charge in [0.25, 0.3) is 5.56 Å². The lowest BCUT2D eigenvalue weighted by Gasteiger charge is -2.13. The number of aromatic amines is 1. The summed E-state index contributed by atoms with van der Waals surface area (Å²) in [6.07, 6.45) is 1.57. The second-order valence-corrected chi connectivity index (χ2v) is 4.31. The van der Waals surface area contributed by atoms with Crippen molar-refractivity contribution in [1.29, 1.82) is 10.5 Å². The smallest absolute Gasteiger partial charge is 0.268 e. The Labute approximate surface area is 126 Å². The van der Waals surface area contributed by atoms with Gasteiger partial charge in [0.1, 0.15) is 41.4 Å². The number of para-hydroxylation sites is 1. The SMILES string of the molecule is C=CCOc1ccccc1-c1c(C#N)c(N)[nH]c(=O)c1C#N. The molecular weight excluding hydrogens is 280 g/mol. The number of nitrogens with two attached hydrogens (primary N) is 1. The number of H-pyrrole nitrogens is 1. The molecule has 1 heterocycles. The van der Waals surface area contributed by atoms with Crippen LogP contribution >= 0.6 is 0 Å². The van der Waals surface area contributed by atoms with E-state index in [2.05, 4.69) is 11.6 Å². The molecule has 22 heavy (non-hydrogen) atoms. The number of rotatable bonds is 4. The van der Waals surface area contributed by atoms with Gasteiger partial charge in [-0.3, -0.25) is 4.79 Å². The van der Waals surface area contributed by atoms with E-state index >= 15 is 0 Å². The molecule has 6 nitrogen and oxygen atoms in total. The van der Waals surface area contributed by atoms with Crippen LogP contribution in [0.2, 0.25) is 0 Å². The third-order valence-corrected chi connectivity index (χ3v) is 2.98. The second-order valence-electron chi connectivity index (χ2n) is 4.31. The van der Waals surface area contributed by atoms with Crippen molar-refractivity contribution in [2.24, 2.45) is 0 Å². The van der Waals surface area contributed by atoms with Crippen molar-refractivity contribution < 1.29 is 4.74 Å². The van der Waals surface area contributed by atoms with Gasteiger partial charge in [0.05, 0.1) is 0 Å². The molecule has 2 aromatic rings. The largest absolute Gasteiger partial charge is 0.489 e. The molecule has 1 aromatic carbocycles. The van der Waals surface area contributed by atoms with E-state index in [1.165, 1.54) is 0 Å². The van der Waals surface area contributed by atoms with Gasteiger partial charge in [-0.1, -0.05) is 30.9 Å². The molecule has 0 saturated carbocycles. The Morgan fingerprint density at radius 1 is 1.27 bits per heavy atom. The Hall–Kier alpha value is -3.51. The first-order valence-electron chi connectivity index (χ1n) is 6.33. The summed E-state index contributed by atoms with van der Waals surface area (Å²) in [6.45, 7) is 3.82. The van der Waals surface area contributed by atoms with Crippen LogP contribution in [0.25, 0.3) is 11.1 Å². The van der Waals surface area contributed by atoms with Crippen LogP contribution in [0.3, 0.4) is 0 Å². The number of nitrogens with zero attached hydrogens (tertiary/aromatic N) is 2. The number of nitrogens with one attached hydrogen (secondary N) is 1. The van der Waals surface area contributed by atoms with E-state index in [0.29, 0.717) is 11.3 Å². The van der Waals surface area contributed by atoms with E-state index in [4.69, 9.17) is 10.5 Å². The molecule has 6 heteroatoms. The molecule has 2 rings (SSSR count). The summed E-state index contributed by atoms with van der Waals surface area (Å²) in [4.78, 5) is 14.2. The lowest BCUT2D eigenvalue weighted by atomic mass is 9.96. The maximum absolute atomic E-state index is 11.9. The second kappa shape index (κ2) is 6.29. The predicted molar refractivity (Wildman–Crippen MR) is 82.0 cm³/mol. The molecule has 0 fully saturated rings. The maximum atomic E-state index is 11.9. The van der Waals surface area contributed by atoms with Gasteiger partial charge >= 0.3 is 0 Å². The molecule has 0 aliphatic heterocycles. The van der Waals surface area contributed by atoms with Crippen LogP contribution in [-0.2, 0) is 0 Å². The summed E-state index contributed by atoms with van der Waals surface area (Å²) in [6, 6.07) is 10.6. The molecule has 0 aliphatic rings. The number of aromatic nitrogens is 1. The molecule has 1 aromatic heterocycles. The van der Waals surface area contributed by atoms with Gasteiger partial charge in [0.2, 0.25) is 0 Å². The van der Waals surface area contributed by atoms with E-state index < -0.39 is 5.56 Å². The maximum Gasteiger partial charge on any atom is 0.268 e. The summed E-state index contributed by atoms with van der Waals surface area (Å²) < 4.78 is 5.53. The Morgan fingerprint density at radius 2 is 1.95 bits per heavy atom. The van der Waals surface area contributed by atoms with Gasteiger partial charge in [-0.05, 0) is 6.07 Å². The quantitative estimate of drug-likeness (QED) is 0.835. The monoisotopic (exact) mass is 292 g/mol. The van der Waals surface area contributed by atoms with E-state index in [9.17, 15) is 15.3 Å². The zero-order chi connectivity index (χ0) is 16.1. The van der Waals surface area contributed by atoms with Crippen molar-refractivity contribution in [3.8, 4) is 29.0 Å². The fourth-order valence-corrected chi connectivity index (χ4v) is 2.06. The molecule has 108 valence electrons. The van der Waals surface area contributed by atoms with Crippen LogP contribution in [0.15, 0.2) is 41.7 Å². The molecule has 0 bridgehead atoms. The van der Waals surface area contributed by atoms with Crippen molar-refractivity contribution in [2.75, 3.05) is 12.3 Å². The summed E-state index contributed by atoms with van der Waals surface area (Å²) in [5.41, 5.74) is 5.53. The number of anilines is 1. The fourth-order valence-electron chi connectivity index (χ4n) is 2.06. The minimum Gasteiger partial charge on any atom is -0.489 e. The standard InChI is InChI=1S/C16H12N4O2/c1-2-7-22-13-6-4-3-5-10(13)14-11(8-17)15(19)20-16(21)12(14)9-18/h2-6H,1,7H2,(H3,19,20,21). The number of benzene rings is 1. The van der Waals surface area contributed by atoms with E-state index in [1.807, 2.05) is 12.1 Å². The number of nitrogen functional groups attached to an aromatic ring is 1. The molecule has 0 saturated heterocycles. The number of nitriles is 2. The van der Waals surface area contributed by atoms with Crippen molar-refractivity contribution in [3.63, 3.8) is 0 Å². The van der Waals surface area contributed by atoms with Crippen molar-refractivity contribution in [3.05, 3.63) is 58.4 Å². The molecule has 0 spiro atoms. The average Bonchev–Trinajstić information content (AvgIpc) is 2.52. The normalized spacial score (nSPS) is 9.55. The summed E-state index contributed by atoms with van der Waals surface area (Å²) in [5, 5.41) is 18.6. The summed E-state index contributed by atoms with van der Waals surface area (Å²) in [7, 11) is 0.